The van der Waals surface area contributed by atoms with Gasteiger partial charge in [-0.25, -0.2) is 8.78 Å². The summed E-state index contributed by atoms with van der Waals surface area (Å²) >= 11 is 0. The molecule has 0 heterocycles. The van der Waals surface area contributed by atoms with E-state index < -0.39 is 52.9 Å². The molecule has 114 valence electrons. The van der Waals surface area contributed by atoms with Crippen molar-refractivity contribution in [2.24, 2.45) is 0 Å². The Kier molecular flexibility index (Phi) is 3.76. The van der Waals surface area contributed by atoms with E-state index in [1.165, 1.54) is 12.2 Å². The molecule has 3 rings (SSSR count). The zero-order chi connectivity index (χ0) is 14.7. The number of carbonyl (C=O) groups excluding carboxylic acids is 2. The third kappa shape index (κ3) is 2.31. The van der Waals surface area contributed by atoms with Crippen LogP contribution in [0.2, 0.25) is 0 Å². The van der Waals surface area contributed by atoms with Gasteiger partial charge in [-0.2, -0.15) is 8.78 Å². The van der Waals surface area contributed by atoms with Gasteiger partial charge in [0.25, 0.3) is 5.92 Å². The van der Waals surface area contributed by atoms with Gasteiger partial charge >= 0.3 is 28.3 Å². The van der Waals surface area contributed by atoms with Crippen LogP contribution in [0.1, 0.15) is 39.9 Å². The van der Waals surface area contributed by atoms with Gasteiger partial charge in [-0.15, -0.1) is 0 Å². The first-order valence-electron chi connectivity index (χ1n) is 5.91. The Morgan fingerprint density at radius 2 is 1.67 bits per heavy atom. The van der Waals surface area contributed by atoms with Crippen molar-refractivity contribution in [1.29, 1.82) is 0 Å². The van der Waals surface area contributed by atoms with Crippen LogP contribution >= 0.6 is 0 Å². The maximum atomic E-state index is 13.8. The Labute approximate surface area is 132 Å². The third-order valence-corrected chi connectivity index (χ3v) is 3.57. The fourth-order valence-corrected chi connectivity index (χ4v) is 2.51. The number of allylic oxidation sites excluding steroid dienone is 1. The van der Waals surface area contributed by atoms with Gasteiger partial charge in [-0.1, -0.05) is 12.2 Å². The number of hydrogen-bond donors (Lipinski definition) is 0. The molecule has 7 heteroatoms. The van der Waals surface area contributed by atoms with Gasteiger partial charge in [-0.05, 0) is 17.7 Å². The molecule has 0 saturated carbocycles. The van der Waals surface area contributed by atoms with Gasteiger partial charge in [-0.3, -0.25) is 9.59 Å². The van der Waals surface area contributed by atoms with Crippen molar-refractivity contribution in [2.45, 2.75) is 24.7 Å². The number of carbonyl (C=O) groups is 2. The summed E-state index contributed by atoms with van der Waals surface area (Å²) in [4.78, 5) is 22.9. The summed E-state index contributed by atoms with van der Waals surface area (Å²) in [7, 11) is 0. The molecular formula is C14H8AgF4O2+. The maximum absolute atomic E-state index is 13.8. The van der Waals surface area contributed by atoms with Crippen molar-refractivity contribution in [3.8, 4) is 0 Å². The second-order valence-corrected chi connectivity index (χ2v) is 4.89. The molecule has 0 amide bonds. The Balaban J connectivity index is 0.00000161. The Morgan fingerprint density at radius 1 is 1.00 bits per heavy atom. The number of ketones is 2. The average Bonchev–Trinajstić information content (AvgIpc) is 2.35. The molecular weight excluding hydrogens is 384 g/mol. The van der Waals surface area contributed by atoms with E-state index in [1.807, 2.05) is 0 Å². The van der Waals surface area contributed by atoms with Crippen molar-refractivity contribution >= 4 is 17.6 Å². The van der Waals surface area contributed by atoms with Crippen LogP contribution in [-0.4, -0.2) is 11.6 Å². The van der Waals surface area contributed by atoms with Crippen LogP contribution in [0.3, 0.4) is 0 Å². The smallest absolute Gasteiger partial charge is 0.294 e. The van der Waals surface area contributed by atoms with E-state index in [9.17, 15) is 27.2 Å². The number of hydrogen-bond acceptors (Lipinski definition) is 2. The first-order chi connectivity index (χ1) is 9.23. The van der Waals surface area contributed by atoms with Gasteiger partial charge in [0.2, 0.25) is 5.78 Å². The largest absolute Gasteiger partial charge is 1.00 e. The van der Waals surface area contributed by atoms with Gasteiger partial charge < -0.3 is 0 Å². The molecule has 2 aliphatic rings. The molecule has 0 N–H and O–H groups in total. The first-order valence-corrected chi connectivity index (χ1v) is 5.91. The van der Waals surface area contributed by atoms with E-state index in [0.717, 1.165) is 12.1 Å². The topological polar surface area (TPSA) is 34.1 Å². The fraction of sp³-hybridized carbons (Fsp3) is 0.286. The van der Waals surface area contributed by atoms with Crippen LogP contribution < -0.4 is 0 Å². The van der Waals surface area contributed by atoms with Gasteiger partial charge in [0.1, 0.15) is 0 Å². The number of halogens is 4. The molecule has 0 aromatic heterocycles. The van der Waals surface area contributed by atoms with E-state index in [0.29, 0.717) is 0 Å². The summed E-state index contributed by atoms with van der Waals surface area (Å²) in [6.45, 7) is 0. The van der Waals surface area contributed by atoms with E-state index >= 15 is 0 Å². The number of benzene rings is 1. The van der Waals surface area contributed by atoms with Gasteiger partial charge in [0.05, 0.1) is 6.42 Å². The van der Waals surface area contributed by atoms with Gasteiger partial charge in [0, 0.05) is 23.1 Å². The van der Waals surface area contributed by atoms with Crippen LogP contribution in [0.4, 0.5) is 17.6 Å². The predicted molar refractivity (Wildman–Crippen MR) is 61.8 cm³/mol. The molecule has 2 nitrogen and oxygen atoms in total. The van der Waals surface area contributed by atoms with Crippen LogP contribution in [0.5, 0.6) is 0 Å². The SMILES string of the molecule is O=C1CC(=O)C(F)(F)c2cc3c(cc21)C(F)(F)CC=C3.[Ag+]. The summed E-state index contributed by atoms with van der Waals surface area (Å²) in [5.74, 6) is -9.35. The number of rotatable bonds is 0. The Hall–Kier alpha value is -1.24. The second-order valence-electron chi connectivity index (χ2n) is 4.89. The average molecular weight is 392 g/mol. The standard InChI is InChI=1S/C14H8F4O2.Ag/c15-13(16)3-1-2-7-4-10-8(5-9(7)13)11(19)6-12(20)14(10,17)18;/h1-2,4-5H,3,6H2;/q;+1. The summed E-state index contributed by atoms with van der Waals surface area (Å²) in [6, 6.07) is 1.63. The molecule has 2 aliphatic carbocycles. The Morgan fingerprint density at radius 3 is 2.33 bits per heavy atom. The molecule has 0 spiro atoms. The van der Waals surface area contributed by atoms with Crippen molar-refractivity contribution in [3.63, 3.8) is 0 Å². The number of Topliss-reactive ketones (excluding diaryl/α,β-unsaturated/α-hetero) is 2. The normalized spacial score (nSPS) is 21.3. The van der Waals surface area contributed by atoms with E-state index in [1.54, 1.807) is 0 Å². The quantitative estimate of drug-likeness (QED) is 0.385. The van der Waals surface area contributed by atoms with Crippen molar-refractivity contribution in [2.75, 3.05) is 0 Å². The molecule has 0 atom stereocenters. The molecule has 1 aromatic rings. The molecule has 0 radical (unpaired) electrons. The number of fused-ring (bicyclic) bond motifs is 2. The molecule has 0 aliphatic heterocycles. The fourth-order valence-electron chi connectivity index (χ4n) is 2.51. The van der Waals surface area contributed by atoms with Crippen molar-refractivity contribution < 1.29 is 49.5 Å². The summed E-state index contributed by atoms with van der Waals surface area (Å²) in [5, 5.41) is 0. The van der Waals surface area contributed by atoms with Crippen LogP contribution in [0.15, 0.2) is 18.2 Å². The molecule has 21 heavy (non-hydrogen) atoms. The minimum atomic E-state index is -3.81. The molecule has 0 saturated heterocycles. The summed E-state index contributed by atoms with van der Waals surface area (Å²) < 4.78 is 55.1. The Bertz CT molecular complexity index is 680. The molecule has 0 unspecified atom stereocenters. The van der Waals surface area contributed by atoms with E-state index in [2.05, 4.69) is 0 Å². The minimum absolute atomic E-state index is 0. The monoisotopic (exact) mass is 391 g/mol. The zero-order valence-corrected chi connectivity index (χ0v) is 11.8. The van der Waals surface area contributed by atoms with E-state index in [4.69, 9.17) is 0 Å². The second kappa shape index (κ2) is 4.90. The summed E-state index contributed by atoms with van der Waals surface area (Å²) in [5.41, 5.74) is -1.79. The van der Waals surface area contributed by atoms with Gasteiger partial charge in [0.15, 0.2) is 5.78 Å². The maximum Gasteiger partial charge on any atom is 1.00 e. The van der Waals surface area contributed by atoms with E-state index in [-0.39, 0.29) is 27.9 Å². The zero-order valence-electron chi connectivity index (χ0n) is 10.4. The van der Waals surface area contributed by atoms with Crippen LogP contribution in [0, 0.1) is 0 Å². The molecule has 0 fully saturated rings. The first kappa shape index (κ1) is 16.1. The summed E-state index contributed by atoms with van der Waals surface area (Å²) in [6.07, 6.45) is 0.981. The van der Waals surface area contributed by atoms with Crippen LogP contribution in [-0.2, 0) is 39.0 Å². The molecule has 1 aromatic carbocycles. The number of alkyl halides is 4. The van der Waals surface area contributed by atoms with Crippen molar-refractivity contribution in [1.82, 2.24) is 0 Å². The van der Waals surface area contributed by atoms with Crippen molar-refractivity contribution in [3.05, 3.63) is 40.5 Å². The van der Waals surface area contributed by atoms with Crippen LogP contribution in [0.25, 0.3) is 6.08 Å². The predicted octanol–water partition coefficient (Wildman–Crippen LogP) is 3.44. The third-order valence-electron chi connectivity index (χ3n) is 3.57. The molecule has 0 bridgehead atoms. The minimum Gasteiger partial charge on any atom is -0.294 e.